The van der Waals surface area contributed by atoms with Crippen LogP contribution in [0.2, 0.25) is 0 Å². The Labute approximate surface area is 165 Å². The highest BCUT2D eigenvalue weighted by atomic mass is 16.2. The Hall–Kier alpha value is -2.38. The maximum atomic E-state index is 13.2. The first-order chi connectivity index (χ1) is 13.4. The van der Waals surface area contributed by atoms with Gasteiger partial charge < -0.3 is 14.7 Å². The smallest absolute Gasteiger partial charge is 0.272 e. The van der Waals surface area contributed by atoms with Crippen molar-refractivity contribution in [3.8, 4) is 0 Å². The number of rotatable bonds is 2. The first kappa shape index (κ1) is 19.0. The number of hydrogen-bond acceptors (Lipinski definition) is 4. The standard InChI is InChI=1S/C20H29N5O3/c1-13-9-21-22(3)18(13)20(28)25-7-4-5-15-10-23(8-6-17(15)25)19(27)16-11-24(12-16)14(2)26/h9,15-17H,4-8,10-12H2,1-3H3. The van der Waals surface area contributed by atoms with Gasteiger partial charge in [0.05, 0.1) is 12.1 Å². The number of fused-ring (bicyclic) bond motifs is 1. The Balaban J connectivity index is 1.41. The van der Waals surface area contributed by atoms with Crippen LogP contribution in [0.25, 0.3) is 0 Å². The van der Waals surface area contributed by atoms with Gasteiger partial charge >= 0.3 is 0 Å². The third-order valence-electron chi connectivity index (χ3n) is 6.64. The molecule has 0 bridgehead atoms. The van der Waals surface area contributed by atoms with Gasteiger partial charge in [0.15, 0.2) is 0 Å². The number of nitrogens with zero attached hydrogens (tertiary/aromatic N) is 5. The molecule has 3 fully saturated rings. The zero-order chi connectivity index (χ0) is 20.0. The van der Waals surface area contributed by atoms with Gasteiger partial charge in [0.25, 0.3) is 5.91 Å². The van der Waals surface area contributed by atoms with Gasteiger partial charge in [-0.2, -0.15) is 5.10 Å². The second-order valence-corrected chi connectivity index (χ2v) is 8.46. The summed E-state index contributed by atoms with van der Waals surface area (Å²) >= 11 is 0. The van der Waals surface area contributed by atoms with Crippen molar-refractivity contribution < 1.29 is 14.4 Å². The van der Waals surface area contributed by atoms with Crippen molar-refractivity contribution in [3.63, 3.8) is 0 Å². The number of aromatic nitrogens is 2. The van der Waals surface area contributed by atoms with E-state index in [0.29, 0.717) is 37.8 Å². The van der Waals surface area contributed by atoms with E-state index in [2.05, 4.69) is 5.10 Å². The fourth-order valence-corrected chi connectivity index (χ4v) is 5.00. The van der Waals surface area contributed by atoms with Crippen molar-refractivity contribution in [1.29, 1.82) is 0 Å². The second kappa shape index (κ2) is 7.22. The SMILES string of the molecule is CC(=O)N1CC(C(=O)N2CCC3C(CCCN3C(=O)c3c(C)cnn3C)C2)C1. The van der Waals surface area contributed by atoms with Crippen LogP contribution in [-0.4, -0.2) is 81.0 Å². The van der Waals surface area contributed by atoms with Crippen molar-refractivity contribution in [2.75, 3.05) is 32.7 Å². The molecule has 8 nitrogen and oxygen atoms in total. The molecule has 1 aromatic heterocycles. The summed E-state index contributed by atoms with van der Waals surface area (Å²) in [6.07, 6.45) is 4.57. The molecule has 0 aromatic carbocycles. The van der Waals surface area contributed by atoms with Gasteiger partial charge in [-0.15, -0.1) is 0 Å². The summed E-state index contributed by atoms with van der Waals surface area (Å²) in [5.41, 5.74) is 1.57. The summed E-state index contributed by atoms with van der Waals surface area (Å²) < 4.78 is 1.66. The largest absolute Gasteiger partial charge is 0.342 e. The average molecular weight is 387 g/mol. The highest BCUT2D eigenvalue weighted by Gasteiger charge is 2.43. The molecule has 3 aliphatic heterocycles. The number of carbonyl (C=O) groups is 3. The molecule has 8 heteroatoms. The Kier molecular flexibility index (Phi) is 4.89. The molecule has 152 valence electrons. The van der Waals surface area contributed by atoms with Crippen LogP contribution in [0.1, 0.15) is 42.2 Å². The van der Waals surface area contributed by atoms with E-state index in [9.17, 15) is 14.4 Å². The van der Waals surface area contributed by atoms with Gasteiger partial charge in [0, 0.05) is 52.7 Å². The lowest BCUT2D eigenvalue weighted by atomic mass is 9.83. The maximum absolute atomic E-state index is 13.2. The first-order valence-corrected chi connectivity index (χ1v) is 10.2. The van der Waals surface area contributed by atoms with Crippen molar-refractivity contribution >= 4 is 17.7 Å². The van der Waals surface area contributed by atoms with E-state index >= 15 is 0 Å². The van der Waals surface area contributed by atoms with E-state index in [1.165, 1.54) is 0 Å². The van der Waals surface area contributed by atoms with Crippen LogP contribution >= 0.6 is 0 Å². The van der Waals surface area contributed by atoms with Crippen LogP contribution in [0.4, 0.5) is 0 Å². The van der Waals surface area contributed by atoms with E-state index in [1.54, 1.807) is 22.7 Å². The van der Waals surface area contributed by atoms with Crippen molar-refractivity contribution in [1.82, 2.24) is 24.5 Å². The molecule has 3 saturated heterocycles. The minimum atomic E-state index is -0.0566. The van der Waals surface area contributed by atoms with Crippen molar-refractivity contribution in [2.24, 2.45) is 18.9 Å². The first-order valence-electron chi connectivity index (χ1n) is 10.2. The molecule has 4 rings (SSSR count). The lowest BCUT2D eigenvalue weighted by molar-refractivity contribution is -0.149. The predicted molar refractivity (Wildman–Crippen MR) is 102 cm³/mol. The molecule has 2 unspecified atom stereocenters. The lowest BCUT2D eigenvalue weighted by Crippen LogP contribution is -2.61. The van der Waals surface area contributed by atoms with Crippen LogP contribution < -0.4 is 0 Å². The van der Waals surface area contributed by atoms with E-state index in [0.717, 1.165) is 31.4 Å². The normalized spacial score (nSPS) is 25.3. The van der Waals surface area contributed by atoms with Gasteiger partial charge in [-0.1, -0.05) is 0 Å². The number of piperidine rings is 2. The Morgan fingerprint density at radius 2 is 1.82 bits per heavy atom. The predicted octanol–water partition coefficient (Wildman–Crippen LogP) is 0.660. The van der Waals surface area contributed by atoms with Crippen LogP contribution in [0.15, 0.2) is 6.20 Å². The zero-order valence-electron chi connectivity index (χ0n) is 16.9. The molecule has 0 radical (unpaired) electrons. The summed E-state index contributed by atoms with van der Waals surface area (Å²) in [4.78, 5) is 43.0. The minimum Gasteiger partial charge on any atom is -0.342 e. The van der Waals surface area contributed by atoms with Gasteiger partial charge in [0.1, 0.15) is 5.69 Å². The van der Waals surface area contributed by atoms with E-state index in [1.807, 2.05) is 23.8 Å². The summed E-state index contributed by atoms with van der Waals surface area (Å²) in [5.74, 6) is 0.534. The average Bonchev–Trinajstić information content (AvgIpc) is 2.97. The third kappa shape index (κ3) is 3.18. The molecule has 0 saturated carbocycles. The molecule has 1 aromatic rings. The summed E-state index contributed by atoms with van der Waals surface area (Å²) in [6.45, 7) is 6.73. The van der Waals surface area contributed by atoms with Gasteiger partial charge in [-0.05, 0) is 37.7 Å². The third-order valence-corrected chi connectivity index (χ3v) is 6.64. The van der Waals surface area contributed by atoms with Gasteiger partial charge in [-0.3, -0.25) is 19.1 Å². The molecule has 0 N–H and O–H groups in total. The Bertz CT molecular complexity index is 778. The van der Waals surface area contributed by atoms with Crippen LogP contribution in [0.3, 0.4) is 0 Å². The molecule has 2 atom stereocenters. The molecule has 3 amide bonds. The lowest BCUT2D eigenvalue weighted by Gasteiger charge is -2.49. The van der Waals surface area contributed by atoms with Crippen molar-refractivity contribution in [3.05, 3.63) is 17.5 Å². The van der Waals surface area contributed by atoms with E-state index < -0.39 is 0 Å². The molecule has 28 heavy (non-hydrogen) atoms. The second-order valence-electron chi connectivity index (χ2n) is 8.46. The number of likely N-dealkylation sites (tertiary alicyclic amines) is 3. The number of hydrogen-bond donors (Lipinski definition) is 0. The van der Waals surface area contributed by atoms with E-state index in [-0.39, 0.29) is 29.7 Å². The molecule has 0 aliphatic carbocycles. The molecule has 0 spiro atoms. The monoisotopic (exact) mass is 387 g/mol. The summed E-state index contributed by atoms with van der Waals surface area (Å²) in [6, 6.07) is 0.190. The topological polar surface area (TPSA) is 78.8 Å². The van der Waals surface area contributed by atoms with Gasteiger partial charge in [-0.25, -0.2) is 0 Å². The quantitative estimate of drug-likeness (QED) is 0.747. The Morgan fingerprint density at radius 1 is 1.07 bits per heavy atom. The minimum absolute atomic E-state index is 0.0367. The van der Waals surface area contributed by atoms with Gasteiger partial charge in [0.2, 0.25) is 11.8 Å². The number of carbonyl (C=O) groups excluding carboxylic acids is 3. The fraction of sp³-hybridized carbons (Fsp3) is 0.700. The summed E-state index contributed by atoms with van der Waals surface area (Å²) in [7, 11) is 1.81. The maximum Gasteiger partial charge on any atom is 0.272 e. The number of aryl methyl sites for hydroxylation is 2. The van der Waals surface area contributed by atoms with Crippen LogP contribution in [0, 0.1) is 18.8 Å². The molecular formula is C20H29N5O3. The van der Waals surface area contributed by atoms with Crippen molar-refractivity contribution in [2.45, 2.75) is 39.2 Å². The molecular weight excluding hydrogens is 358 g/mol. The number of amides is 3. The van der Waals surface area contributed by atoms with Crippen LogP contribution in [-0.2, 0) is 16.6 Å². The highest BCUT2D eigenvalue weighted by molar-refractivity contribution is 5.94. The van der Waals surface area contributed by atoms with E-state index in [4.69, 9.17) is 0 Å². The highest BCUT2D eigenvalue weighted by Crippen LogP contribution is 2.33. The summed E-state index contributed by atoms with van der Waals surface area (Å²) in [5, 5.41) is 4.21. The zero-order valence-corrected chi connectivity index (χ0v) is 16.9. The fourth-order valence-electron chi connectivity index (χ4n) is 5.00. The molecule has 3 aliphatic rings. The molecule has 4 heterocycles. The Morgan fingerprint density at radius 3 is 2.46 bits per heavy atom. The van der Waals surface area contributed by atoms with Crippen LogP contribution in [0.5, 0.6) is 0 Å².